The molecule has 0 saturated carbocycles. The number of nitrogens with zero attached hydrogens (tertiary/aromatic N) is 2. The van der Waals surface area contributed by atoms with E-state index in [2.05, 4.69) is 77.2 Å². The van der Waals surface area contributed by atoms with Crippen molar-refractivity contribution in [1.82, 2.24) is 0 Å². The van der Waals surface area contributed by atoms with Gasteiger partial charge in [-0.3, -0.25) is 0 Å². The molecule has 0 spiro atoms. The minimum atomic E-state index is 1.17. The number of allylic oxidation sites excluding steroid dienone is 3. The Bertz CT molecular complexity index is 1020. The third kappa shape index (κ3) is 2.97. The Hall–Kier alpha value is -2.39. The van der Waals surface area contributed by atoms with Crippen molar-refractivity contribution in [1.29, 1.82) is 0 Å². The molecule has 1 fully saturated rings. The Morgan fingerprint density at radius 1 is 1.00 bits per heavy atom. The summed E-state index contributed by atoms with van der Waals surface area (Å²) in [6, 6.07) is 17.7. The molecule has 1 aliphatic carbocycles. The fraction of sp³-hybridized carbons (Fsp3) is 0.261. The Morgan fingerprint density at radius 2 is 1.81 bits per heavy atom. The van der Waals surface area contributed by atoms with E-state index < -0.39 is 0 Å². The van der Waals surface area contributed by atoms with Crippen molar-refractivity contribution < 1.29 is 4.57 Å². The Kier molecular flexibility index (Phi) is 3.90. The molecule has 0 N–H and O–H groups in total. The second-order valence-corrected chi connectivity index (χ2v) is 8.29. The van der Waals surface area contributed by atoms with E-state index in [1.165, 1.54) is 70.0 Å². The Labute approximate surface area is 158 Å². The predicted molar refractivity (Wildman–Crippen MR) is 111 cm³/mol. The molecule has 130 valence electrons. The number of aromatic nitrogens is 1. The van der Waals surface area contributed by atoms with Crippen LogP contribution < -0.4 is 9.47 Å². The summed E-state index contributed by atoms with van der Waals surface area (Å²) >= 11 is 1.91. The highest BCUT2D eigenvalue weighted by atomic mass is 32.1. The number of hydrogen-bond acceptors (Lipinski definition) is 2. The normalized spacial score (nSPS) is 18.4. The molecule has 1 saturated heterocycles. The van der Waals surface area contributed by atoms with Crippen LogP contribution in [0.25, 0.3) is 21.9 Å². The summed E-state index contributed by atoms with van der Waals surface area (Å²) in [5, 5.41) is 1.40. The molecular weight excluding hydrogens is 336 g/mol. The van der Waals surface area contributed by atoms with Crippen molar-refractivity contribution >= 4 is 38.9 Å². The highest BCUT2D eigenvalue weighted by Crippen LogP contribution is 2.34. The van der Waals surface area contributed by atoms with Crippen LogP contribution in [-0.4, -0.2) is 13.1 Å². The summed E-state index contributed by atoms with van der Waals surface area (Å²) in [5.41, 5.74) is 6.92. The second-order valence-electron chi connectivity index (χ2n) is 7.25. The SMILES string of the molecule is C[n+]1c(C2=C/C(=C/c3ccc(N4CC4)cc3)CCC2)sc2ccccc21. The van der Waals surface area contributed by atoms with E-state index in [0.29, 0.717) is 0 Å². The lowest BCUT2D eigenvalue weighted by atomic mass is 9.94. The number of fused-ring (bicyclic) bond motifs is 1. The highest BCUT2D eigenvalue weighted by molar-refractivity contribution is 7.19. The molecule has 2 nitrogen and oxygen atoms in total. The lowest BCUT2D eigenvalue weighted by Crippen LogP contribution is -2.30. The molecule has 0 atom stereocenters. The van der Waals surface area contributed by atoms with Crippen LogP contribution in [0, 0.1) is 0 Å². The molecule has 2 aliphatic rings. The lowest BCUT2D eigenvalue weighted by molar-refractivity contribution is -0.642. The van der Waals surface area contributed by atoms with Crippen LogP contribution in [0.4, 0.5) is 5.69 Å². The fourth-order valence-electron chi connectivity index (χ4n) is 3.82. The van der Waals surface area contributed by atoms with Crippen LogP contribution in [0.5, 0.6) is 0 Å². The van der Waals surface area contributed by atoms with E-state index >= 15 is 0 Å². The number of benzene rings is 2. The molecule has 0 bridgehead atoms. The number of aryl methyl sites for hydroxylation is 1. The van der Waals surface area contributed by atoms with Crippen LogP contribution >= 0.6 is 11.3 Å². The van der Waals surface area contributed by atoms with Crippen molar-refractivity contribution in [2.45, 2.75) is 19.3 Å². The zero-order valence-electron chi connectivity index (χ0n) is 15.1. The molecule has 2 heterocycles. The van der Waals surface area contributed by atoms with Gasteiger partial charge in [0.2, 0.25) is 5.52 Å². The fourth-order valence-corrected chi connectivity index (χ4v) is 5.01. The van der Waals surface area contributed by atoms with E-state index in [0.717, 1.165) is 0 Å². The monoisotopic (exact) mass is 359 g/mol. The van der Waals surface area contributed by atoms with Gasteiger partial charge in [-0.05, 0) is 54.7 Å². The average Bonchev–Trinajstić information content (AvgIpc) is 3.47. The van der Waals surface area contributed by atoms with E-state index in [1.54, 1.807) is 0 Å². The van der Waals surface area contributed by atoms with Crippen LogP contribution in [0.3, 0.4) is 0 Å². The molecule has 2 aromatic carbocycles. The zero-order chi connectivity index (χ0) is 17.5. The van der Waals surface area contributed by atoms with Gasteiger partial charge in [0.05, 0.1) is 0 Å². The quantitative estimate of drug-likeness (QED) is 0.461. The Balaban J connectivity index is 1.47. The van der Waals surface area contributed by atoms with Gasteiger partial charge in [-0.2, -0.15) is 4.57 Å². The summed E-state index contributed by atoms with van der Waals surface area (Å²) in [5.74, 6) is 0. The standard InChI is InChI=1S/C23H23N2S/c1-24-21-7-2-3-8-22(21)26-23(24)19-6-4-5-18(16-19)15-17-9-11-20(12-10-17)25-13-14-25/h2-3,7-12,15-16H,4-6,13-14H2,1H3/q+1. The smallest absolute Gasteiger partial charge is 0.265 e. The van der Waals surface area contributed by atoms with Crippen molar-refractivity contribution in [2.75, 3.05) is 18.0 Å². The maximum atomic E-state index is 2.42. The average molecular weight is 360 g/mol. The molecule has 0 amide bonds. The lowest BCUT2D eigenvalue weighted by Gasteiger charge is -2.12. The summed E-state index contributed by atoms with van der Waals surface area (Å²) in [6.45, 7) is 2.41. The first kappa shape index (κ1) is 15.8. The van der Waals surface area contributed by atoms with Gasteiger partial charge in [0.25, 0.3) is 5.01 Å². The first-order valence-electron chi connectivity index (χ1n) is 9.42. The molecule has 5 rings (SSSR count). The van der Waals surface area contributed by atoms with Crippen LogP contribution in [0.2, 0.25) is 0 Å². The van der Waals surface area contributed by atoms with Crippen LogP contribution in [-0.2, 0) is 7.05 Å². The molecule has 3 aromatic rings. The molecular formula is C23H23N2S+. The van der Waals surface area contributed by atoms with Gasteiger partial charge in [-0.1, -0.05) is 41.7 Å². The summed E-state index contributed by atoms with van der Waals surface area (Å²) in [6.07, 6.45) is 8.36. The largest absolute Gasteiger partial charge is 0.368 e. The maximum absolute atomic E-state index is 2.42. The third-order valence-corrected chi connectivity index (χ3v) is 6.64. The first-order chi connectivity index (χ1) is 12.8. The van der Waals surface area contributed by atoms with Gasteiger partial charge >= 0.3 is 0 Å². The van der Waals surface area contributed by atoms with Gasteiger partial charge < -0.3 is 4.90 Å². The number of hydrogen-bond donors (Lipinski definition) is 0. The van der Waals surface area contributed by atoms with E-state index in [1.807, 2.05) is 11.3 Å². The van der Waals surface area contributed by atoms with E-state index in [4.69, 9.17) is 0 Å². The molecule has 1 aromatic heterocycles. The summed E-state index contributed by atoms with van der Waals surface area (Å²) in [4.78, 5) is 2.39. The zero-order valence-corrected chi connectivity index (χ0v) is 15.9. The first-order valence-corrected chi connectivity index (χ1v) is 10.2. The predicted octanol–water partition coefficient (Wildman–Crippen LogP) is 5.20. The van der Waals surface area contributed by atoms with Gasteiger partial charge in [0.1, 0.15) is 11.7 Å². The van der Waals surface area contributed by atoms with Gasteiger partial charge in [-0.25, -0.2) is 0 Å². The molecule has 0 radical (unpaired) electrons. The van der Waals surface area contributed by atoms with Crippen molar-refractivity contribution in [2.24, 2.45) is 7.05 Å². The second kappa shape index (κ2) is 6.40. The maximum Gasteiger partial charge on any atom is 0.265 e. The summed E-state index contributed by atoms with van der Waals surface area (Å²) < 4.78 is 3.72. The molecule has 1 aliphatic heterocycles. The highest BCUT2D eigenvalue weighted by Gasteiger charge is 2.22. The number of para-hydroxylation sites is 1. The third-order valence-electron chi connectivity index (χ3n) is 5.34. The minimum absolute atomic E-state index is 1.17. The molecule has 0 unspecified atom stereocenters. The van der Waals surface area contributed by atoms with Crippen LogP contribution in [0.1, 0.15) is 29.8 Å². The molecule has 26 heavy (non-hydrogen) atoms. The van der Waals surface area contributed by atoms with Crippen LogP contribution in [0.15, 0.2) is 60.2 Å². The summed E-state index contributed by atoms with van der Waals surface area (Å²) in [7, 11) is 2.19. The van der Waals surface area contributed by atoms with Gasteiger partial charge in [0.15, 0.2) is 0 Å². The number of rotatable bonds is 3. The Morgan fingerprint density at radius 3 is 2.58 bits per heavy atom. The van der Waals surface area contributed by atoms with E-state index in [9.17, 15) is 0 Å². The van der Waals surface area contributed by atoms with Gasteiger partial charge in [0, 0.05) is 30.4 Å². The minimum Gasteiger partial charge on any atom is -0.368 e. The molecule has 3 heteroatoms. The number of anilines is 1. The van der Waals surface area contributed by atoms with E-state index in [-0.39, 0.29) is 0 Å². The van der Waals surface area contributed by atoms with Crippen molar-refractivity contribution in [3.63, 3.8) is 0 Å². The topological polar surface area (TPSA) is 6.89 Å². The van der Waals surface area contributed by atoms with Gasteiger partial charge in [-0.15, -0.1) is 0 Å². The van der Waals surface area contributed by atoms with Crippen molar-refractivity contribution in [3.05, 3.63) is 70.8 Å². The van der Waals surface area contributed by atoms with Crippen molar-refractivity contribution in [3.8, 4) is 0 Å². The number of thiazole rings is 1.